The van der Waals surface area contributed by atoms with Gasteiger partial charge in [-0.25, -0.2) is 4.98 Å². The number of hydrogen-bond acceptors (Lipinski definition) is 3. The number of aromatic hydroxyl groups is 1. The van der Waals surface area contributed by atoms with E-state index in [1.54, 1.807) is 12.1 Å². The molecule has 0 bridgehead atoms. The summed E-state index contributed by atoms with van der Waals surface area (Å²) in [6.45, 7) is 0. The lowest BCUT2D eigenvalue weighted by atomic mass is 10.2. The molecule has 3 rings (SSSR count). The van der Waals surface area contributed by atoms with Gasteiger partial charge < -0.3 is 5.11 Å². The van der Waals surface area contributed by atoms with Crippen molar-refractivity contribution in [1.82, 2.24) is 9.38 Å². The zero-order valence-electron chi connectivity index (χ0n) is 8.09. The number of benzene rings is 1. The first kappa shape index (κ1) is 9.69. The van der Waals surface area contributed by atoms with Crippen LogP contribution in [-0.4, -0.2) is 14.5 Å². The molecule has 1 aromatic carbocycles. The highest BCUT2D eigenvalue weighted by atomic mass is 35.5. The summed E-state index contributed by atoms with van der Waals surface area (Å²) in [5, 5.41) is 9.20. The number of thiazole rings is 1. The molecule has 0 saturated heterocycles. The van der Waals surface area contributed by atoms with E-state index in [2.05, 4.69) is 4.98 Å². The highest BCUT2D eigenvalue weighted by Crippen LogP contribution is 2.27. The number of imidazole rings is 1. The van der Waals surface area contributed by atoms with E-state index in [0.29, 0.717) is 0 Å². The van der Waals surface area contributed by atoms with Crippen molar-refractivity contribution in [3.05, 3.63) is 41.0 Å². The molecular formula is C11H7ClN2OS. The molecule has 0 saturated carbocycles. The fourth-order valence-corrected chi connectivity index (χ4v) is 2.55. The van der Waals surface area contributed by atoms with E-state index in [9.17, 15) is 5.11 Å². The van der Waals surface area contributed by atoms with Crippen LogP contribution in [0.15, 0.2) is 36.7 Å². The number of hydrogen-bond donors (Lipinski definition) is 1. The predicted octanol–water partition coefficient (Wildman–Crippen LogP) is 3.42. The first-order chi connectivity index (χ1) is 7.72. The maximum absolute atomic E-state index is 9.20. The number of halogens is 1. The van der Waals surface area contributed by atoms with Crippen molar-refractivity contribution in [1.29, 1.82) is 0 Å². The van der Waals surface area contributed by atoms with Gasteiger partial charge in [-0.05, 0) is 24.3 Å². The fraction of sp³-hybridized carbons (Fsp3) is 0. The number of phenolic OH excluding ortho intramolecular Hbond substituents is 1. The van der Waals surface area contributed by atoms with Crippen molar-refractivity contribution in [2.45, 2.75) is 0 Å². The van der Waals surface area contributed by atoms with Gasteiger partial charge in [0.15, 0.2) is 4.96 Å². The SMILES string of the molecule is Oc1ccc(-c2cn3cc(Cl)sc3n2)cc1. The molecule has 16 heavy (non-hydrogen) atoms. The summed E-state index contributed by atoms with van der Waals surface area (Å²) in [5.74, 6) is 0.257. The Bertz CT molecular complexity index is 610. The molecule has 0 radical (unpaired) electrons. The third kappa shape index (κ3) is 1.56. The van der Waals surface area contributed by atoms with Gasteiger partial charge in [0.2, 0.25) is 0 Å². The molecule has 1 N–H and O–H groups in total. The van der Waals surface area contributed by atoms with Crippen LogP contribution in [0.4, 0.5) is 0 Å². The molecule has 0 unspecified atom stereocenters. The number of fused-ring (bicyclic) bond motifs is 1. The summed E-state index contributed by atoms with van der Waals surface area (Å²) in [6, 6.07) is 6.97. The summed E-state index contributed by atoms with van der Waals surface area (Å²) in [4.78, 5) is 5.32. The standard InChI is InChI=1S/C11H7ClN2OS/c12-10-6-14-5-9(13-11(14)16-10)7-1-3-8(15)4-2-7/h1-6,15H. The summed E-state index contributed by atoms with van der Waals surface area (Å²) < 4.78 is 2.62. The lowest BCUT2D eigenvalue weighted by Gasteiger charge is -1.95. The van der Waals surface area contributed by atoms with Crippen molar-refractivity contribution >= 4 is 27.9 Å². The van der Waals surface area contributed by atoms with Crippen LogP contribution < -0.4 is 0 Å². The van der Waals surface area contributed by atoms with E-state index < -0.39 is 0 Å². The predicted molar refractivity (Wildman–Crippen MR) is 65.2 cm³/mol. The van der Waals surface area contributed by atoms with E-state index in [1.807, 2.05) is 28.9 Å². The zero-order valence-corrected chi connectivity index (χ0v) is 9.66. The Morgan fingerprint density at radius 3 is 2.62 bits per heavy atom. The van der Waals surface area contributed by atoms with Gasteiger partial charge in [-0.1, -0.05) is 22.9 Å². The molecular weight excluding hydrogens is 244 g/mol. The van der Waals surface area contributed by atoms with Gasteiger partial charge in [-0.3, -0.25) is 4.40 Å². The molecule has 0 aliphatic rings. The van der Waals surface area contributed by atoms with Crippen molar-refractivity contribution in [2.75, 3.05) is 0 Å². The lowest BCUT2D eigenvalue weighted by Crippen LogP contribution is -1.75. The summed E-state index contributed by atoms with van der Waals surface area (Å²) >= 11 is 7.31. The third-order valence-electron chi connectivity index (χ3n) is 2.29. The van der Waals surface area contributed by atoms with Crippen molar-refractivity contribution in [2.24, 2.45) is 0 Å². The monoisotopic (exact) mass is 250 g/mol. The Balaban J connectivity index is 2.11. The van der Waals surface area contributed by atoms with Crippen molar-refractivity contribution in [3.8, 4) is 17.0 Å². The fourth-order valence-electron chi connectivity index (χ4n) is 1.54. The van der Waals surface area contributed by atoms with Gasteiger partial charge in [0, 0.05) is 18.0 Å². The number of phenols is 1. The minimum absolute atomic E-state index is 0.257. The molecule has 3 nitrogen and oxygen atoms in total. The quantitative estimate of drug-likeness (QED) is 0.719. The Labute approximate surface area is 101 Å². The second kappa shape index (κ2) is 3.50. The van der Waals surface area contributed by atoms with Crippen LogP contribution in [0.2, 0.25) is 4.34 Å². The Kier molecular flexibility index (Phi) is 2.12. The average molecular weight is 251 g/mol. The largest absolute Gasteiger partial charge is 0.508 e. The van der Waals surface area contributed by atoms with Crippen molar-refractivity contribution in [3.63, 3.8) is 0 Å². The molecule has 0 aliphatic heterocycles. The second-order valence-corrected chi connectivity index (χ2v) is 5.04. The van der Waals surface area contributed by atoms with Gasteiger partial charge in [-0.15, -0.1) is 0 Å². The van der Waals surface area contributed by atoms with E-state index in [0.717, 1.165) is 20.6 Å². The maximum atomic E-state index is 9.20. The number of nitrogens with zero attached hydrogens (tertiary/aromatic N) is 2. The molecule has 2 aromatic heterocycles. The zero-order chi connectivity index (χ0) is 11.1. The van der Waals surface area contributed by atoms with Crippen LogP contribution in [0.1, 0.15) is 0 Å². The number of aromatic nitrogens is 2. The van der Waals surface area contributed by atoms with Crippen LogP contribution in [0.25, 0.3) is 16.2 Å². The van der Waals surface area contributed by atoms with Crippen LogP contribution in [0.3, 0.4) is 0 Å². The summed E-state index contributed by atoms with van der Waals surface area (Å²) in [6.07, 6.45) is 3.75. The Hall–Kier alpha value is -1.52. The summed E-state index contributed by atoms with van der Waals surface area (Å²) in [7, 11) is 0. The minimum Gasteiger partial charge on any atom is -0.508 e. The van der Waals surface area contributed by atoms with Crippen LogP contribution in [0, 0.1) is 0 Å². The molecule has 0 fully saturated rings. The molecule has 0 atom stereocenters. The molecule has 80 valence electrons. The molecule has 3 aromatic rings. The molecule has 2 heterocycles. The first-order valence-corrected chi connectivity index (χ1v) is 5.85. The molecule has 0 amide bonds. The van der Waals surface area contributed by atoms with Crippen LogP contribution >= 0.6 is 22.9 Å². The third-order valence-corrected chi connectivity index (χ3v) is 3.40. The normalized spacial score (nSPS) is 11.1. The van der Waals surface area contributed by atoms with E-state index >= 15 is 0 Å². The highest BCUT2D eigenvalue weighted by molar-refractivity contribution is 7.20. The number of rotatable bonds is 1. The first-order valence-electron chi connectivity index (χ1n) is 4.66. The Morgan fingerprint density at radius 2 is 1.94 bits per heavy atom. The van der Waals surface area contributed by atoms with Gasteiger partial charge in [0.1, 0.15) is 10.1 Å². The van der Waals surface area contributed by atoms with Gasteiger partial charge in [0.05, 0.1) is 5.69 Å². The maximum Gasteiger partial charge on any atom is 0.195 e. The summed E-state index contributed by atoms with van der Waals surface area (Å²) in [5.41, 5.74) is 1.85. The molecule has 5 heteroatoms. The van der Waals surface area contributed by atoms with Crippen LogP contribution in [0.5, 0.6) is 5.75 Å². The smallest absolute Gasteiger partial charge is 0.195 e. The van der Waals surface area contributed by atoms with Gasteiger partial charge in [0.25, 0.3) is 0 Å². The minimum atomic E-state index is 0.257. The lowest BCUT2D eigenvalue weighted by molar-refractivity contribution is 0.475. The molecule has 0 spiro atoms. The Morgan fingerprint density at radius 1 is 1.19 bits per heavy atom. The van der Waals surface area contributed by atoms with Crippen LogP contribution in [-0.2, 0) is 0 Å². The molecule has 0 aliphatic carbocycles. The average Bonchev–Trinajstić information content (AvgIpc) is 2.75. The van der Waals surface area contributed by atoms with Gasteiger partial charge >= 0.3 is 0 Å². The van der Waals surface area contributed by atoms with Crippen molar-refractivity contribution < 1.29 is 5.11 Å². The van der Waals surface area contributed by atoms with E-state index in [1.165, 1.54) is 11.3 Å². The van der Waals surface area contributed by atoms with E-state index in [4.69, 9.17) is 11.6 Å². The highest BCUT2D eigenvalue weighted by Gasteiger charge is 2.06. The van der Waals surface area contributed by atoms with E-state index in [-0.39, 0.29) is 5.75 Å². The topological polar surface area (TPSA) is 37.5 Å². The van der Waals surface area contributed by atoms with Gasteiger partial charge in [-0.2, -0.15) is 0 Å². The second-order valence-electron chi connectivity index (χ2n) is 3.40.